The van der Waals surface area contributed by atoms with Crippen LogP contribution in [0, 0.1) is 6.92 Å². The van der Waals surface area contributed by atoms with E-state index in [1.165, 1.54) is 11.1 Å². The van der Waals surface area contributed by atoms with Gasteiger partial charge in [-0.1, -0.05) is 24.3 Å². The Hall–Kier alpha value is -2.62. The third kappa shape index (κ3) is 3.48. The number of anilines is 1. The largest absolute Gasteiger partial charge is 0.379 e. The van der Waals surface area contributed by atoms with Crippen molar-refractivity contribution in [2.24, 2.45) is 0 Å². The number of nitrogens with zero attached hydrogens (tertiary/aromatic N) is 3. The fourth-order valence-electron chi connectivity index (χ4n) is 2.19. The van der Waals surface area contributed by atoms with Crippen LogP contribution in [-0.4, -0.2) is 14.8 Å². The van der Waals surface area contributed by atoms with Gasteiger partial charge in [0.15, 0.2) is 0 Å². The monoisotopic (exact) mass is 278 g/mol. The Morgan fingerprint density at radius 1 is 1.10 bits per heavy atom. The number of para-hydroxylation sites is 1. The summed E-state index contributed by atoms with van der Waals surface area (Å²) in [5.74, 6) is 0. The first-order chi connectivity index (χ1) is 10.3. The fraction of sp³-hybridized carbons (Fsp3) is 0.176. The number of hydrogen-bond donors (Lipinski definition) is 1. The molecular formula is C17H18N4. The number of hydrogen-bond acceptors (Lipinski definition) is 3. The van der Waals surface area contributed by atoms with Gasteiger partial charge in [0.05, 0.1) is 18.8 Å². The zero-order valence-electron chi connectivity index (χ0n) is 12.0. The van der Waals surface area contributed by atoms with Gasteiger partial charge in [-0.2, -0.15) is 5.10 Å². The Morgan fingerprint density at radius 2 is 2.00 bits per heavy atom. The lowest BCUT2D eigenvalue weighted by atomic mass is 10.1. The molecule has 0 aliphatic heterocycles. The first-order valence-electron chi connectivity index (χ1n) is 7.02. The average molecular weight is 278 g/mol. The lowest BCUT2D eigenvalue weighted by Crippen LogP contribution is -2.07. The van der Waals surface area contributed by atoms with Crippen molar-refractivity contribution in [2.75, 3.05) is 5.32 Å². The molecule has 0 saturated carbocycles. The Morgan fingerprint density at radius 3 is 2.76 bits per heavy atom. The van der Waals surface area contributed by atoms with Crippen molar-refractivity contribution in [1.29, 1.82) is 0 Å². The zero-order chi connectivity index (χ0) is 14.5. The summed E-state index contributed by atoms with van der Waals surface area (Å²) < 4.78 is 1.92. The van der Waals surface area contributed by atoms with Crippen molar-refractivity contribution in [3.05, 3.63) is 77.9 Å². The number of pyridine rings is 1. The second kappa shape index (κ2) is 6.22. The predicted molar refractivity (Wildman–Crippen MR) is 84.1 cm³/mol. The van der Waals surface area contributed by atoms with Gasteiger partial charge in [0.1, 0.15) is 0 Å². The third-order valence-electron chi connectivity index (χ3n) is 3.34. The molecule has 0 aliphatic rings. The van der Waals surface area contributed by atoms with E-state index < -0.39 is 0 Å². The minimum absolute atomic E-state index is 0.719. The van der Waals surface area contributed by atoms with Crippen molar-refractivity contribution >= 4 is 5.69 Å². The van der Waals surface area contributed by atoms with Crippen molar-refractivity contribution in [2.45, 2.75) is 20.0 Å². The molecule has 0 saturated heterocycles. The lowest BCUT2D eigenvalue weighted by molar-refractivity contribution is 0.687. The minimum Gasteiger partial charge on any atom is -0.379 e. The minimum atomic E-state index is 0.719. The van der Waals surface area contributed by atoms with Gasteiger partial charge in [-0.15, -0.1) is 0 Å². The van der Waals surface area contributed by atoms with Gasteiger partial charge < -0.3 is 5.32 Å². The molecule has 4 heteroatoms. The Labute approximate surface area is 124 Å². The summed E-state index contributed by atoms with van der Waals surface area (Å²) in [6.07, 6.45) is 5.66. The van der Waals surface area contributed by atoms with E-state index in [1.54, 1.807) is 6.20 Å². The van der Waals surface area contributed by atoms with Crippen molar-refractivity contribution in [1.82, 2.24) is 14.8 Å². The molecule has 3 rings (SSSR count). The van der Waals surface area contributed by atoms with Crippen LogP contribution in [0.15, 0.2) is 61.1 Å². The molecule has 1 aromatic carbocycles. The van der Waals surface area contributed by atoms with Gasteiger partial charge in [0.25, 0.3) is 0 Å². The van der Waals surface area contributed by atoms with Crippen molar-refractivity contribution in [3.63, 3.8) is 0 Å². The normalized spacial score (nSPS) is 10.5. The first kappa shape index (κ1) is 13.4. The van der Waals surface area contributed by atoms with Crippen LogP contribution < -0.4 is 5.32 Å². The maximum absolute atomic E-state index is 4.42. The number of rotatable bonds is 5. The number of aryl methyl sites for hydroxylation is 1. The van der Waals surface area contributed by atoms with Crippen molar-refractivity contribution in [3.8, 4) is 0 Å². The summed E-state index contributed by atoms with van der Waals surface area (Å²) in [5, 5.41) is 7.71. The van der Waals surface area contributed by atoms with Crippen LogP contribution in [0.1, 0.15) is 16.8 Å². The smallest absolute Gasteiger partial charge is 0.0679 e. The molecular weight excluding hydrogens is 260 g/mol. The maximum Gasteiger partial charge on any atom is 0.0679 e. The molecule has 0 radical (unpaired) electrons. The van der Waals surface area contributed by atoms with E-state index in [0.29, 0.717) is 0 Å². The van der Waals surface area contributed by atoms with E-state index >= 15 is 0 Å². The zero-order valence-corrected chi connectivity index (χ0v) is 12.0. The number of benzene rings is 1. The highest BCUT2D eigenvalue weighted by molar-refractivity contribution is 5.51. The molecule has 3 aromatic rings. The SMILES string of the molecule is Cc1ccc(CNc2ccccc2Cn2cccn2)nc1. The summed E-state index contributed by atoms with van der Waals surface area (Å²) >= 11 is 0. The fourth-order valence-corrected chi connectivity index (χ4v) is 2.19. The van der Waals surface area contributed by atoms with Gasteiger partial charge >= 0.3 is 0 Å². The average Bonchev–Trinajstić information content (AvgIpc) is 3.01. The molecule has 0 fully saturated rings. The summed E-state index contributed by atoms with van der Waals surface area (Å²) in [7, 11) is 0. The van der Waals surface area contributed by atoms with Crippen LogP contribution in [0.4, 0.5) is 5.69 Å². The molecule has 4 nitrogen and oxygen atoms in total. The van der Waals surface area contributed by atoms with Crippen LogP contribution in [0.3, 0.4) is 0 Å². The molecule has 0 spiro atoms. The number of aromatic nitrogens is 3. The summed E-state index contributed by atoms with van der Waals surface area (Å²) in [6.45, 7) is 3.53. The predicted octanol–water partition coefficient (Wildman–Crippen LogP) is 3.25. The molecule has 0 unspecified atom stereocenters. The van der Waals surface area contributed by atoms with Gasteiger partial charge in [0, 0.05) is 24.3 Å². The molecule has 0 atom stereocenters. The lowest BCUT2D eigenvalue weighted by Gasteiger charge is -2.12. The van der Waals surface area contributed by atoms with E-state index in [-0.39, 0.29) is 0 Å². The van der Waals surface area contributed by atoms with E-state index in [2.05, 4.69) is 39.7 Å². The first-order valence-corrected chi connectivity index (χ1v) is 7.02. The van der Waals surface area contributed by atoms with E-state index in [0.717, 1.165) is 24.5 Å². The van der Waals surface area contributed by atoms with Crippen molar-refractivity contribution < 1.29 is 0 Å². The van der Waals surface area contributed by atoms with Crippen LogP contribution in [0.25, 0.3) is 0 Å². The quantitative estimate of drug-likeness (QED) is 0.779. The molecule has 0 aliphatic carbocycles. The highest BCUT2D eigenvalue weighted by Crippen LogP contribution is 2.17. The van der Waals surface area contributed by atoms with Gasteiger partial charge in [0.2, 0.25) is 0 Å². The molecule has 0 bridgehead atoms. The third-order valence-corrected chi connectivity index (χ3v) is 3.34. The molecule has 2 heterocycles. The van der Waals surface area contributed by atoms with Crippen LogP contribution >= 0.6 is 0 Å². The van der Waals surface area contributed by atoms with Gasteiger partial charge in [-0.25, -0.2) is 0 Å². The molecule has 1 N–H and O–H groups in total. The number of nitrogens with one attached hydrogen (secondary N) is 1. The van der Waals surface area contributed by atoms with Gasteiger partial charge in [-0.3, -0.25) is 9.67 Å². The van der Waals surface area contributed by atoms with Gasteiger partial charge in [-0.05, 0) is 36.2 Å². The summed E-state index contributed by atoms with van der Waals surface area (Å²) in [6, 6.07) is 14.4. The van der Waals surface area contributed by atoms with E-state index in [4.69, 9.17) is 0 Å². The van der Waals surface area contributed by atoms with Crippen LogP contribution in [0.2, 0.25) is 0 Å². The second-order valence-corrected chi connectivity index (χ2v) is 5.04. The van der Waals surface area contributed by atoms with Crippen LogP contribution in [-0.2, 0) is 13.1 Å². The molecule has 2 aromatic heterocycles. The topological polar surface area (TPSA) is 42.7 Å². The molecule has 0 amide bonds. The summed E-state index contributed by atoms with van der Waals surface area (Å²) in [4.78, 5) is 4.42. The molecule has 21 heavy (non-hydrogen) atoms. The molecule has 106 valence electrons. The second-order valence-electron chi connectivity index (χ2n) is 5.04. The highest BCUT2D eigenvalue weighted by Gasteiger charge is 2.03. The van der Waals surface area contributed by atoms with Crippen LogP contribution in [0.5, 0.6) is 0 Å². The maximum atomic E-state index is 4.42. The Bertz CT molecular complexity index is 687. The van der Waals surface area contributed by atoms with E-state index in [9.17, 15) is 0 Å². The highest BCUT2D eigenvalue weighted by atomic mass is 15.3. The Kier molecular flexibility index (Phi) is 3.96. The Balaban J connectivity index is 1.71. The standard InChI is InChI=1S/C17H18N4/c1-14-7-8-16(18-11-14)12-19-17-6-3-2-5-15(17)13-21-10-4-9-20-21/h2-11,19H,12-13H2,1H3. The summed E-state index contributed by atoms with van der Waals surface area (Å²) in [5.41, 5.74) is 4.55. The van der Waals surface area contributed by atoms with E-state index in [1.807, 2.05) is 42.2 Å².